The number of para-hydroxylation sites is 4. The Bertz CT molecular complexity index is 7610. The number of aromatic nitrogens is 7. The first-order valence-electron chi connectivity index (χ1n) is 45.7. The molecule has 7 aromatic carbocycles. The molecule has 0 fully saturated rings. The largest absolute Gasteiger partial charge is 0.435 e. The first-order valence-corrected chi connectivity index (χ1v) is 43.7. The van der Waals surface area contributed by atoms with Gasteiger partial charge in [0.1, 0.15) is 30.8 Å². The summed E-state index contributed by atoms with van der Waals surface area (Å²) in [5.41, 5.74) is 27.5. The topological polar surface area (TPSA) is 188 Å². The Balaban J connectivity index is 0.000000106. The zero-order valence-corrected chi connectivity index (χ0v) is 75.9. The summed E-state index contributed by atoms with van der Waals surface area (Å²) in [6.07, 6.45) is 13.7. The summed E-state index contributed by atoms with van der Waals surface area (Å²) in [6, 6.07) is 57.8. The highest BCUT2D eigenvalue weighted by atomic mass is 16.4. The average molecular weight is 1690 g/mol. The minimum Gasteiger partial charge on any atom is -0.435 e. The maximum atomic E-state index is 8.73. The van der Waals surface area contributed by atoms with Gasteiger partial charge in [-0.1, -0.05) is 84.9 Å². The molecule has 644 valence electrons. The van der Waals surface area contributed by atoms with Crippen molar-refractivity contribution in [2.75, 3.05) is 53.3 Å². The summed E-state index contributed by atoms with van der Waals surface area (Å²) in [5.74, 6) is 0.844. The van der Waals surface area contributed by atoms with Crippen LogP contribution in [0.1, 0.15) is 132 Å². The predicted molar refractivity (Wildman–Crippen MR) is 520 cm³/mol. The lowest BCUT2D eigenvalue weighted by Crippen LogP contribution is -2.42. The van der Waals surface area contributed by atoms with Crippen LogP contribution >= 0.6 is 0 Å². The fourth-order valence-electron chi connectivity index (χ4n) is 19.3. The molecule has 127 heavy (non-hydrogen) atoms. The summed E-state index contributed by atoms with van der Waals surface area (Å²) in [5, 5.41) is 10.6. The molecule has 0 saturated carbocycles. The molecule has 0 bridgehead atoms. The van der Waals surface area contributed by atoms with Crippen molar-refractivity contribution in [1.82, 2.24) is 44.7 Å². The van der Waals surface area contributed by atoms with E-state index >= 15 is 0 Å². The number of aryl methyl sites for hydroxylation is 9. The van der Waals surface area contributed by atoms with E-state index in [4.69, 9.17) is 27.6 Å². The molecule has 18 aromatic rings. The third-order valence-corrected chi connectivity index (χ3v) is 25.8. The van der Waals surface area contributed by atoms with Crippen molar-refractivity contribution in [2.24, 2.45) is 0 Å². The van der Waals surface area contributed by atoms with Crippen LogP contribution in [0.25, 0.3) is 110 Å². The van der Waals surface area contributed by atoms with E-state index in [1.165, 1.54) is 63.0 Å². The van der Waals surface area contributed by atoms with Gasteiger partial charge in [-0.25, -0.2) is 34.9 Å². The molecule has 0 amide bonds. The van der Waals surface area contributed by atoms with Gasteiger partial charge in [-0.3, -0.25) is 4.90 Å². The van der Waals surface area contributed by atoms with Crippen molar-refractivity contribution >= 4 is 173 Å². The van der Waals surface area contributed by atoms with Gasteiger partial charge < -0.3 is 66.2 Å². The molecule has 6 unspecified atom stereocenters. The van der Waals surface area contributed by atoms with Crippen LogP contribution in [0.15, 0.2) is 235 Å². The Labute approximate surface area is 745 Å². The van der Waals surface area contributed by atoms with E-state index in [1.54, 1.807) is 12.4 Å². The number of rotatable bonds is 8. The van der Waals surface area contributed by atoms with E-state index in [0.29, 0.717) is 57.9 Å². The molecular formula is C105H109N17O5. The molecule has 23 rings (SSSR count). The predicted octanol–water partition coefficient (Wildman–Crippen LogP) is 25.7. The van der Waals surface area contributed by atoms with Gasteiger partial charge in [-0.05, 0) is 251 Å². The molecule has 11 aromatic heterocycles. The van der Waals surface area contributed by atoms with Gasteiger partial charge in [-0.15, -0.1) is 0 Å². The third kappa shape index (κ3) is 13.8. The molecule has 16 heterocycles. The van der Waals surface area contributed by atoms with E-state index in [9.17, 15) is 0 Å². The molecule has 22 heteroatoms. The summed E-state index contributed by atoms with van der Waals surface area (Å²) < 4.78 is 63.7. The molecule has 0 aliphatic carbocycles. The number of furan rings is 5. The number of hydrogen-bond acceptors (Lipinski definition) is 22. The van der Waals surface area contributed by atoms with Gasteiger partial charge in [0.15, 0.2) is 39.6 Å². The number of hydrogen-bond donors (Lipinski definition) is 0. The molecule has 0 spiro atoms. The standard InChI is InChI=1S/C24H25N3O.C22H21N3O.C21H21N5O.C20H23N3O.C18H19N3O/c1-14(2)26-17(5)27(21-9-7-6-8-20(21)26)22-15(3)10-12-18-19-13-11-16(4)25-24(19)28-23(18)22;1-13-9-11-16-17-12-10-14(2)23-22(17)26-21(16)20(13)25-15(3)24(4)18-7-5-6-8-19(18)25;1-12(2)25-14(4)26(20-19(25)22-10-11-23-20)17-13(3)7-8-15-16-6-5-9-24-21(16)27-18(15)17;1-12(2)22-10-11-23(15(22)5)18-13(3)6-8-16-17-9-7-14(4)21-20(17)24-19(16)18;1-11-5-7-14-15-8-6-12(2)19-18(15)22-17(14)16(11)21-10-9-20(4)13(21)3/h6-14,17H,1-5H3;5-12,15H,1-4H3;5-12,14H,1-4H3;6-12,15H,1-5H3;5-10,13H,1-4H3/i;;1D3,12D;;. The van der Waals surface area contributed by atoms with E-state index in [2.05, 4.69) is 317 Å². The Morgan fingerprint density at radius 3 is 1.10 bits per heavy atom. The van der Waals surface area contributed by atoms with Gasteiger partial charge >= 0.3 is 0 Å². The summed E-state index contributed by atoms with van der Waals surface area (Å²) in [4.78, 5) is 53.6. The number of fused-ring (bicyclic) bond motifs is 18. The second kappa shape index (κ2) is 32.1. The molecule has 0 N–H and O–H groups in total. The van der Waals surface area contributed by atoms with Crippen LogP contribution in [0.4, 0.5) is 62.8 Å². The lowest BCUT2D eigenvalue weighted by molar-refractivity contribution is 0.263. The quantitative estimate of drug-likeness (QED) is 0.140. The maximum absolute atomic E-state index is 8.73. The van der Waals surface area contributed by atoms with Crippen LogP contribution in [-0.4, -0.2) is 108 Å². The highest BCUT2D eigenvalue weighted by Gasteiger charge is 2.42. The fraction of sp³-hybridized carbons (Fsp3) is 0.286. The van der Waals surface area contributed by atoms with Crippen molar-refractivity contribution in [2.45, 2.75) is 187 Å². The van der Waals surface area contributed by atoms with Crippen molar-refractivity contribution in [3.8, 4) is 0 Å². The van der Waals surface area contributed by atoms with E-state index < -0.39 is 19.0 Å². The molecule has 5 aliphatic heterocycles. The second-order valence-corrected chi connectivity index (χ2v) is 34.8. The van der Waals surface area contributed by atoms with Crippen LogP contribution in [-0.2, 0) is 0 Å². The van der Waals surface area contributed by atoms with Crippen LogP contribution in [0.3, 0.4) is 0 Å². The van der Waals surface area contributed by atoms with Crippen molar-refractivity contribution in [3.63, 3.8) is 0 Å². The number of pyridine rings is 5. The molecule has 0 saturated heterocycles. The van der Waals surface area contributed by atoms with Gasteiger partial charge in [-0.2, -0.15) is 0 Å². The first-order chi connectivity index (χ1) is 62.7. The molecule has 22 nitrogen and oxygen atoms in total. The second-order valence-electron chi connectivity index (χ2n) is 34.8. The lowest BCUT2D eigenvalue weighted by atomic mass is 10.1. The molecule has 0 radical (unpaired) electrons. The van der Waals surface area contributed by atoms with Crippen molar-refractivity contribution < 1.29 is 27.6 Å². The summed E-state index contributed by atoms with van der Waals surface area (Å²) >= 11 is 0. The minimum atomic E-state index is -2.56. The Morgan fingerprint density at radius 1 is 0.315 bits per heavy atom. The number of nitrogens with zero attached hydrogens (tertiary/aromatic N) is 17. The monoisotopic (exact) mass is 1690 g/mol. The zero-order chi connectivity index (χ0) is 92.1. The Hall–Kier alpha value is -14.2. The van der Waals surface area contributed by atoms with Crippen LogP contribution in [0, 0.1) is 62.3 Å². The Morgan fingerprint density at radius 2 is 0.677 bits per heavy atom. The maximum Gasteiger partial charge on any atom is 0.227 e. The van der Waals surface area contributed by atoms with Gasteiger partial charge in [0.05, 0.1) is 52.6 Å². The van der Waals surface area contributed by atoms with Crippen molar-refractivity contribution in [3.05, 3.63) is 264 Å². The van der Waals surface area contributed by atoms with E-state index in [1.807, 2.05) is 95.0 Å². The van der Waals surface area contributed by atoms with E-state index in [0.717, 1.165) is 133 Å². The first kappa shape index (κ1) is 77.6. The summed E-state index contributed by atoms with van der Waals surface area (Å²) in [6.45, 7) is 37.0. The number of benzene rings is 7. The molecule has 6 atom stereocenters. The van der Waals surface area contributed by atoms with Gasteiger partial charge in [0, 0.05) is 156 Å². The average Bonchev–Trinajstić information content (AvgIpc) is 1.55. The number of anilines is 11. The van der Waals surface area contributed by atoms with E-state index in [-0.39, 0.29) is 24.7 Å². The smallest absolute Gasteiger partial charge is 0.227 e. The Kier molecular flexibility index (Phi) is 19.6. The SMILES string of the molecule is Cc1ccc2c(n1)oc1c(N3C=CN(C(C)C)C3C)c(C)ccc12.Cc1ccc2c(n1)oc1c(N3C=CN(C)C3C)c(C)ccc12.Cc1ccc2c(n1)oc1c(N3c4ccccc4N(C(C)C)C3C)c(C)ccc12.Cc1ccc2c(n1)oc1c(N3c4ccccc4N(C)C3C)c(C)ccc12.[2H]C([2H])([2H])C([2H])(C)N1c2nccnc2N(c2c(C)ccc3c2oc2ncccc23)C1C. The normalized spacial score (nSPS) is 18.1. The van der Waals surface area contributed by atoms with Crippen LogP contribution in [0.2, 0.25) is 0 Å². The molecule has 5 aliphatic rings. The summed E-state index contributed by atoms with van der Waals surface area (Å²) in [7, 11) is 4.22. The minimum absolute atomic E-state index is 0.199. The van der Waals surface area contributed by atoms with Gasteiger partial charge in [0.25, 0.3) is 0 Å². The van der Waals surface area contributed by atoms with Crippen LogP contribution < -0.4 is 39.2 Å². The zero-order valence-electron chi connectivity index (χ0n) is 79.9. The fourth-order valence-corrected chi connectivity index (χ4v) is 19.3. The van der Waals surface area contributed by atoms with Crippen molar-refractivity contribution in [1.29, 1.82) is 0 Å². The highest BCUT2D eigenvalue weighted by molar-refractivity contribution is 6.14. The molecular weight excluding hydrogens is 1580 g/mol. The third-order valence-electron chi connectivity index (χ3n) is 25.8. The highest BCUT2D eigenvalue weighted by Crippen LogP contribution is 2.53. The lowest BCUT2D eigenvalue weighted by Gasteiger charge is -2.33. The van der Waals surface area contributed by atoms with Gasteiger partial charge in [0.2, 0.25) is 28.6 Å². The van der Waals surface area contributed by atoms with Crippen LogP contribution in [0.5, 0.6) is 0 Å².